The second-order valence-electron chi connectivity index (χ2n) is 8.04. The lowest BCUT2D eigenvalue weighted by Crippen LogP contribution is -2.39. The van der Waals surface area contributed by atoms with Crippen molar-refractivity contribution in [1.82, 2.24) is 4.57 Å². The molecule has 1 aliphatic heterocycles. The highest BCUT2D eigenvalue weighted by molar-refractivity contribution is 7.07. The van der Waals surface area contributed by atoms with Gasteiger partial charge in [0.15, 0.2) is 10.6 Å². The molecule has 7 heteroatoms. The molecule has 4 rings (SSSR count). The third-order valence-corrected chi connectivity index (χ3v) is 6.67. The average Bonchev–Trinajstić information content (AvgIpc) is 3.12. The predicted octanol–water partition coefficient (Wildman–Crippen LogP) is 3.90. The third-order valence-electron chi connectivity index (χ3n) is 5.69. The Bertz CT molecular complexity index is 1490. The van der Waals surface area contributed by atoms with E-state index in [9.17, 15) is 9.59 Å². The van der Waals surface area contributed by atoms with E-state index in [1.165, 1.54) is 18.3 Å². The molecule has 0 bridgehead atoms. The number of aromatic nitrogens is 1. The maximum atomic E-state index is 13.6. The molecular weight excluding hydrogens is 448 g/mol. The molecule has 2 aromatic carbocycles. The fourth-order valence-corrected chi connectivity index (χ4v) is 5.27. The van der Waals surface area contributed by atoms with Gasteiger partial charge in [-0.25, -0.2) is 4.99 Å². The zero-order valence-electron chi connectivity index (χ0n) is 19.8. The van der Waals surface area contributed by atoms with Crippen molar-refractivity contribution in [3.8, 4) is 11.5 Å². The molecule has 0 spiro atoms. The number of methoxy groups -OCH3 is 2. The number of fused-ring (bicyclic) bond motifs is 1. The fraction of sp³-hybridized carbons (Fsp3) is 0.222. The number of benzene rings is 2. The van der Waals surface area contributed by atoms with Crippen molar-refractivity contribution in [1.29, 1.82) is 0 Å². The standard InChI is InChI=1S/C27H26N2O4S/c1-16(13-19-9-7-6-8-10-19)14-23-26(31)29-25(21-12-11-20(32-4)15-22(21)33-5)24(18(3)30)17(2)28-27(29)34-23/h6-15,25H,1-5H3/b16-13+,23-14-. The Morgan fingerprint density at radius 1 is 1.09 bits per heavy atom. The Morgan fingerprint density at radius 2 is 1.82 bits per heavy atom. The Kier molecular flexibility index (Phi) is 6.65. The van der Waals surface area contributed by atoms with E-state index >= 15 is 0 Å². The molecule has 1 atom stereocenters. The quantitative estimate of drug-likeness (QED) is 0.543. The monoisotopic (exact) mass is 474 g/mol. The van der Waals surface area contributed by atoms with Crippen LogP contribution in [0.3, 0.4) is 0 Å². The second kappa shape index (κ2) is 9.65. The molecule has 6 nitrogen and oxygen atoms in total. The zero-order valence-corrected chi connectivity index (χ0v) is 20.6. The summed E-state index contributed by atoms with van der Waals surface area (Å²) in [5.41, 5.74) is 3.57. The minimum Gasteiger partial charge on any atom is -0.497 e. The Labute approximate surface area is 201 Å². The number of thiazole rings is 1. The minimum absolute atomic E-state index is 0.140. The lowest BCUT2D eigenvalue weighted by molar-refractivity contribution is -0.114. The van der Waals surface area contributed by atoms with Crippen LogP contribution in [0.4, 0.5) is 0 Å². The normalized spacial score (nSPS) is 16.2. The van der Waals surface area contributed by atoms with Gasteiger partial charge in [-0.3, -0.25) is 14.2 Å². The van der Waals surface area contributed by atoms with Crippen molar-refractivity contribution in [2.24, 2.45) is 4.99 Å². The van der Waals surface area contributed by atoms with E-state index in [-0.39, 0.29) is 11.3 Å². The summed E-state index contributed by atoms with van der Waals surface area (Å²) < 4.78 is 13.1. The van der Waals surface area contributed by atoms with Crippen LogP contribution in [-0.4, -0.2) is 24.6 Å². The van der Waals surface area contributed by atoms with Gasteiger partial charge in [0, 0.05) is 22.9 Å². The van der Waals surface area contributed by atoms with Gasteiger partial charge in [-0.15, -0.1) is 0 Å². The van der Waals surface area contributed by atoms with Crippen LogP contribution < -0.4 is 24.4 Å². The van der Waals surface area contributed by atoms with E-state index in [0.717, 1.165) is 11.1 Å². The molecule has 1 unspecified atom stereocenters. The van der Waals surface area contributed by atoms with Crippen LogP contribution in [0.15, 0.2) is 75.2 Å². The Hall–Kier alpha value is -3.71. The Morgan fingerprint density at radius 3 is 2.47 bits per heavy atom. The first-order chi connectivity index (χ1) is 16.3. The van der Waals surface area contributed by atoms with E-state index in [2.05, 4.69) is 4.99 Å². The first kappa shape index (κ1) is 23.4. The molecule has 1 aromatic heterocycles. The van der Waals surface area contributed by atoms with Crippen LogP contribution in [0.5, 0.6) is 11.5 Å². The summed E-state index contributed by atoms with van der Waals surface area (Å²) in [6.45, 7) is 5.26. The number of carbonyl (C=O) groups excluding carboxylic acids is 1. The van der Waals surface area contributed by atoms with E-state index in [1.807, 2.05) is 55.5 Å². The second-order valence-corrected chi connectivity index (χ2v) is 9.05. The van der Waals surface area contributed by atoms with Gasteiger partial charge < -0.3 is 9.47 Å². The summed E-state index contributed by atoms with van der Waals surface area (Å²) in [6.07, 6.45) is 3.89. The highest BCUT2D eigenvalue weighted by Crippen LogP contribution is 2.37. The number of carbonyl (C=O) groups is 1. The highest BCUT2D eigenvalue weighted by atomic mass is 32.1. The SMILES string of the molecule is COc1ccc(C2C(C(C)=O)=C(C)N=c3s/c(=C\C(C)=C\c4ccccc4)c(=O)n32)c(OC)c1. The number of nitrogens with zero attached hydrogens (tertiary/aromatic N) is 2. The zero-order chi connectivity index (χ0) is 24.4. The number of ether oxygens (including phenoxy) is 2. The summed E-state index contributed by atoms with van der Waals surface area (Å²) in [6, 6.07) is 14.7. The van der Waals surface area contributed by atoms with Gasteiger partial charge in [0.1, 0.15) is 11.5 Å². The van der Waals surface area contributed by atoms with E-state index in [0.29, 0.717) is 37.7 Å². The molecule has 0 saturated carbocycles. The number of ketones is 1. The molecule has 2 heterocycles. The van der Waals surface area contributed by atoms with E-state index in [1.54, 1.807) is 37.8 Å². The van der Waals surface area contributed by atoms with E-state index < -0.39 is 6.04 Å². The average molecular weight is 475 g/mol. The first-order valence-electron chi connectivity index (χ1n) is 10.8. The summed E-state index contributed by atoms with van der Waals surface area (Å²) in [5, 5.41) is 0. The largest absolute Gasteiger partial charge is 0.497 e. The lowest BCUT2D eigenvalue weighted by Gasteiger charge is -2.26. The lowest BCUT2D eigenvalue weighted by atomic mass is 9.92. The first-order valence-corrected chi connectivity index (χ1v) is 11.6. The minimum atomic E-state index is -0.643. The molecule has 3 aromatic rings. The van der Waals surface area contributed by atoms with Gasteiger partial charge in [-0.2, -0.15) is 0 Å². The van der Waals surface area contributed by atoms with Crippen LogP contribution in [-0.2, 0) is 4.79 Å². The van der Waals surface area contributed by atoms with Crippen molar-refractivity contribution >= 4 is 29.3 Å². The van der Waals surface area contributed by atoms with Gasteiger partial charge in [0.05, 0.1) is 24.8 Å². The molecule has 0 radical (unpaired) electrons. The molecule has 0 fully saturated rings. The van der Waals surface area contributed by atoms with Crippen molar-refractivity contribution in [3.63, 3.8) is 0 Å². The summed E-state index contributed by atoms with van der Waals surface area (Å²) >= 11 is 1.31. The van der Waals surface area contributed by atoms with Crippen molar-refractivity contribution < 1.29 is 14.3 Å². The van der Waals surface area contributed by atoms with Gasteiger partial charge in [-0.1, -0.05) is 47.7 Å². The molecule has 34 heavy (non-hydrogen) atoms. The molecule has 0 aliphatic carbocycles. The number of Topliss-reactive ketones (excluding diaryl/α,β-unsaturated/α-hetero) is 1. The number of allylic oxidation sites excluding steroid dienone is 3. The smallest absolute Gasteiger partial charge is 0.271 e. The molecule has 174 valence electrons. The van der Waals surface area contributed by atoms with Crippen LogP contribution in [0.1, 0.15) is 37.9 Å². The molecule has 0 N–H and O–H groups in total. The summed E-state index contributed by atoms with van der Waals surface area (Å²) in [4.78, 5) is 31.5. The summed E-state index contributed by atoms with van der Waals surface area (Å²) in [7, 11) is 3.14. The third kappa shape index (κ3) is 4.39. The summed E-state index contributed by atoms with van der Waals surface area (Å²) in [5.74, 6) is 1.02. The van der Waals surface area contributed by atoms with Crippen molar-refractivity contribution in [2.75, 3.05) is 14.2 Å². The van der Waals surface area contributed by atoms with Crippen LogP contribution in [0.25, 0.3) is 12.2 Å². The van der Waals surface area contributed by atoms with Gasteiger partial charge in [0.2, 0.25) is 0 Å². The van der Waals surface area contributed by atoms with Gasteiger partial charge in [0.25, 0.3) is 5.56 Å². The topological polar surface area (TPSA) is 69.9 Å². The predicted molar refractivity (Wildman–Crippen MR) is 135 cm³/mol. The maximum Gasteiger partial charge on any atom is 0.271 e. The number of hydrogen-bond acceptors (Lipinski definition) is 6. The van der Waals surface area contributed by atoms with Crippen molar-refractivity contribution in [2.45, 2.75) is 26.8 Å². The Balaban J connectivity index is 1.94. The maximum absolute atomic E-state index is 13.6. The number of rotatable bonds is 6. The molecular formula is C27H26N2O4S. The molecule has 0 amide bonds. The van der Waals surface area contributed by atoms with Crippen LogP contribution in [0.2, 0.25) is 0 Å². The van der Waals surface area contributed by atoms with Crippen molar-refractivity contribution in [3.05, 3.63) is 96.2 Å². The highest BCUT2D eigenvalue weighted by Gasteiger charge is 2.32. The molecule has 0 saturated heterocycles. The van der Waals surface area contributed by atoms with Crippen LogP contribution >= 0.6 is 11.3 Å². The van der Waals surface area contributed by atoms with Gasteiger partial charge >= 0.3 is 0 Å². The number of hydrogen-bond donors (Lipinski definition) is 0. The van der Waals surface area contributed by atoms with Crippen LogP contribution in [0, 0.1) is 0 Å². The fourth-order valence-electron chi connectivity index (χ4n) is 4.17. The van der Waals surface area contributed by atoms with Gasteiger partial charge in [-0.05, 0) is 50.1 Å². The van der Waals surface area contributed by atoms with E-state index in [4.69, 9.17) is 9.47 Å². The molecule has 1 aliphatic rings.